The SMILES string of the molecule is C=CC.C=CC.CCCCCCCCCCCCCCCCCC(=O)OCCCC. The molecule has 0 bridgehead atoms. The second kappa shape index (κ2) is 35.4. The monoisotopic (exact) mass is 424 g/mol. The van der Waals surface area contributed by atoms with E-state index in [1.165, 1.54) is 89.9 Å². The van der Waals surface area contributed by atoms with E-state index in [0.29, 0.717) is 13.0 Å². The third-order valence-corrected chi connectivity index (χ3v) is 4.75. The van der Waals surface area contributed by atoms with Crippen molar-refractivity contribution < 1.29 is 9.53 Å². The van der Waals surface area contributed by atoms with E-state index in [1.54, 1.807) is 12.2 Å². The fourth-order valence-electron chi connectivity index (χ4n) is 3.04. The predicted molar refractivity (Wildman–Crippen MR) is 137 cm³/mol. The molecule has 0 aliphatic carbocycles. The normalized spacial score (nSPS) is 9.60. The van der Waals surface area contributed by atoms with Crippen LogP contribution in [0.15, 0.2) is 25.3 Å². The molecule has 0 radical (unpaired) electrons. The van der Waals surface area contributed by atoms with Crippen LogP contribution in [0.5, 0.6) is 0 Å². The third-order valence-electron chi connectivity index (χ3n) is 4.75. The van der Waals surface area contributed by atoms with Crippen LogP contribution in [0.2, 0.25) is 0 Å². The summed E-state index contributed by atoms with van der Waals surface area (Å²) in [6, 6.07) is 0. The van der Waals surface area contributed by atoms with Gasteiger partial charge in [0.1, 0.15) is 0 Å². The molecule has 0 unspecified atom stereocenters. The molecular formula is C28H56O2. The Morgan fingerprint density at radius 3 is 1.23 bits per heavy atom. The van der Waals surface area contributed by atoms with Crippen molar-refractivity contribution in [3.8, 4) is 0 Å². The Bertz CT molecular complexity index is 317. The molecule has 0 heterocycles. The maximum absolute atomic E-state index is 11.4. The summed E-state index contributed by atoms with van der Waals surface area (Å²) >= 11 is 0. The van der Waals surface area contributed by atoms with Gasteiger partial charge in [0.2, 0.25) is 0 Å². The van der Waals surface area contributed by atoms with E-state index in [4.69, 9.17) is 4.74 Å². The lowest BCUT2D eigenvalue weighted by molar-refractivity contribution is -0.143. The van der Waals surface area contributed by atoms with E-state index in [0.717, 1.165) is 19.3 Å². The summed E-state index contributed by atoms with van der Waals surface area (Å²) in [5.41, 5.74) is 0. The van der Waals surface area contributed by atoms with E-state index in [2.05, 4.69) is 27.0 Å². The summed E-state index contributed by atoms with van der Waals surface area (Å²) in [5.74, 6) is -0.00172. The highest BCUT2D eigenvalue weighted by molar-refractivity contribution is 5.69. The van der Waals surface area contributed by atoms with Gasteiger partial charge in [0.05, 0.1) is 6.61 Å². The molecule has 0 atom stereocenters. The van der Waals surface area contributed by atoms with Gasteiger partial charge in [0.25, 0.3) is 0 Å². The van der Waals surface area contributed by atoms with Gasteiger partial charge >= 0.3 is 5.97 Å². The predicted octanol–water partition coefficient (Wildman–Crippen LogP) is 9.98. The lowest BCUT2D eigenvalue weighted by Crippen LogP contribution is -2.05. The minimum Gasteiger partial charge on any atom is -0.466 e. The number of ether oxygens (including phenoxy) is 1. The molecule has 0 spiro atoms. The maximum Gasteiger partial charge on any atom is 0.305 e. The molecule has 0 saturated heterocycles. The molecule has 0 amide bonds. The highest BCUT2D eigenvalue weighted by Crippen LogP contribution is 2.13. The second-order valence-electron chi connectivity index (χ2n) is 8.09. The lowest BCUT2D eigenvalue weighted by Gasteiger charge is -2.04. The number of carbonyl (C=O) groups is 1. The molecule has 0 fully saturated rings. The Balaban J connectivity index is -0.00000107. The summed E-state index contributed by atoms with van der Waals surface area (Å²) in [6.07, 6.45) is 26.6. The largest absolute Gasteiger partial charge is 0.466 e. The molecular weight excluding hydrogens is 368 g/mol. The van der Waals surface area contributed by atoms with Crippen molar-refractivity contribution in [2.45, 2.75) is 143 Å². The fraction of sp³-hybridized carbons (Fsp3) is 0.821. The topological polar surface area (TPSA) is 26.3 Å². The van der Waals surface area contributed by atoms with Gasteiger partial charge in [0.15, 0.2) is 0 Å². The Morgan fingerprint density at radius 2 is 0.900 bits per heavy atom. The van der Waals surface area contributed by atoms with Crippen LogP contribution in [-0.4, -0.2) is 12.6 Å². The molecule has 2 nitrogen and oxygen atoms in total. The summed E-state index contributed by atoms with van der Waals surface area (Å²) in [5, 5.41) is 0. The molecule has 0 aromatic carbocycles. The van der Waals surface area contributed by atoms with Gasteiger partial charge in [-0.25, -0.2) is 0 Å². The molecule has 2 heteroatoms. The average Bonchev–Trinajstić information content (AvgIpc) is 2.72. The molecule has 180 valence electrons. The van der Waals surface area contributed by atoms with Crippen LogP contribution in [0.3, 0.4) is 0 Å². The Kier molecular flexibility index (Phi) is 39.6. The van der Waals surface area contributed by atoms with Gasteiger partial charge in [-0.3, -0.25) is 4.79 Å². The zero-order valence-electron chi connectivity index (χ0n) is 21.3. The summed E-state index contributed by atoms with van der Waals surface area (Å²) in [7, 11) is 0. The van der Waals surface area contributed by atoms with Crippen molar-refractivity contribution >= 4 is 5.97 Å². The zero-order valence-corrected chi connectivity index (χ0v) is 21.3. The standard InChI is InChI=1S/C22H44O2.2C3H6/c1-3-5-7-8-9-10-11-12-13-14-15-16-17-18-19-20-22(23)24-21-6-4-2;2*1-3-2/h3-21H2,1-2H3;2*3H,1H2,2H3. The van der Waals surface area contributed by atoms with E-state index in [1.807, 2.05) is 13.8 Å². The number of rotatable bonds is 19. The number of esters is 1. The number of carbonyl (C=O) groups excluding carboxylic acids is 1. The van der Waals surface area contributed by atoms with E-state index in [9.17, 15) is 4.79 Å². The van der Waals surface area contributed by atoms with Gasteiger partial charge in [-0.15, -0.1) is 13.2 Å². The smallest absolute Gasteiger partial charge is 0.305 e. The molecule has 0 rings (SSSR count). The molecule has 0 aromatic heterocycles. The van der Waals surface area contributed by atoms with E-state index in [-0.39, 0.29) is 5.97 Å². The van der Waals surface area contributed by atoms with E-state index < -0.39 is 0 Å². The summed E-state index contributed by atoms with van der Waals surface area (Å²) in [4.78, 5) is 11.4. The van der Waals surface area contributed by atoms with Gasteiger partial charge in [0, 0.05) is 6.42 Å². The van der Waals surface area contributed by atoms with Crippen molar-refractivity contribution in [2.75, 3.05) is 6.61 Å². The van der Waals surface area contributed by atoms with Crippen LogP contribution in [0.1, 0.15) is 143 Å². The molecule has 0 aliphatic heterocycles. The summed E-state index contributed by atoms with van der Waals surface area (Å²) in [6.45, 7) is 15.5. The van der Waals surface area contributed by atoms with Crippen LogP contribution in [0, 0.1) is 0 Å². The number of allylic oxidation sites excluding steroid dienone is 2. The second-order valence-corrected chi connectivity index (χ2v) is 8.09. The maximum atomic E-state index is 11.4. The van der Waals surface area contributed by atoms with Gasteiger partial charge in [-0.2, -0.15) is 0 Å². The first-order valence-corrected chi connectivity index (χ1v) is 12.9. The van der Waals surface area contributed by atoms with Crippen LogP contribution < -0.4 is 0 Å². The highest BCUT2D eigenvalue weighted by Gasteiger charge is 2.01. The average molecular weight is 425 g/mol. The Morgan fingerprint density at radius 1 is 0.600 bits per heavy atom. The van der Waals surface area contributed by atoms with Crippen molar-refractivity contribution in [1.82, 2.24) is 0 Å². The van der Waals surface area contributed by atoms with Crippen LogP contribution in [-0.2, 0) is 9.53 Å². The first kappa shape index (κ1) is 33.6. The first-order valence-electron chi connectivity index (χ1n) is 12.9. The number of hydrogen-bond donors (Lipinski definition) is 0. The quantitative estimate of drug-likeness (QED) is 0.117. The number of hydrogen-bond acceptors (Lipinski definition) is 2. The van der Waals surface area contributed by atoms with Crippen LogP contribution in [0.25, 0.3) is 0 Å². The lowest BCUT2D eigenvalue weighted by atomic mass is 10.0. The van der Waals surface area contributed by atoms with Gasteiger partial charge < -0.3 is 4.74 Å². The van der Waals surface area contributed by atoms with Crippen LogP contribution >= 0.6 is 0 Å². The Hall–Kier alpha value is -1.05. The van der Waals surface area contributed by atoms with E-state index >= 15 is 0 Å². The summed E-state index contributed by atoms with van der Waals surface area (Å²) < 4.78 is 5.16. The van der Waals surface area contributed by atoms with Gasteiger partial charge in [-0.1, -0.05) is 122 Å². The molecule has 0 saturated carbocycles. The van der Waals surface area contributed by atoms with Crippen LogP contribution in [0.4, 0.5) is 0 Å². The first-order chi connectivity index (χ1) is 14.6. The highest BCUT2D eigenvalue weighted by atomic mass is 16.5. The molecule has 0 aromatic rings. The molecule has 0 N–H and O–H groups in total. The fourth-order valence-corrected chi connectivity index (χ4v) is 3.04. The minimum absolute atomic E-state index is 0.00172. The van der Waals surface area contributed by atoms with Crippen molar-refractivity contribution in [2.24, 2.45) is 0 Å². The zero-order chi connectivity index (χ0) is 23.1. The molecule has 0 aliphatic rings. The van der Waals surface area contributed by atoms with Crippen molar-refractivity contribution in [3.63, 3.8) is 0 Å². The Labute approximate surface area is 191 Å². The minimum atomic E-state index is -0.00172. The molecule has 30 heavy (non-hydrogen) atoms. The van der Waals surface area contributed by atoms with Crippen molar-refractivity contribution in [1.29, 1.82) is 0 Å². The number of unbranched alkanes of at least 4 members (excludes halogenated alkanes) is 15. The van der Waals surface area contributed by atoms with Gasteiger partial charge in [-0.05, 0) is 26.7 Å². The third kappa shape index (κ3) is 41.3. The van der Waals surface area contributed by atoms with Crippen molar-refractivity contribution in [3.05, 3.63) is 25.3 Å².